The molecule has 0 saturated carbocycles. The summed E-state index contributed by atoms with van der Waals surface area (Å²) in [6, 6.07) is 6.10. The number of aliphatic hydroxyl groups excluding tert-OH is 1. The highest BCUT2D eigenvalue weighted by atomic mass is 16.3. The van der Waals surface area contributed by atoms with Gasteiger partial charge in [-0.25, -0.2) is 0 Å². The van der Waals surface area contributed by atoms with Crippen molar-refractivity contribution < 1.29 is 5.11 Å². The van der Waals surface area contributed by atoms with Crippen LogP contribution in [-0.2, 0) is 6.61 Å². The Bertz CT molecular complexity index is 388. The van der Waals surface area contributed by atoms with Crippen LogP contribution in [0.15, 0.2) is 18.2 Å². The quantitative estimate of drug-likeness (QED) is 0.802. The van der Waals surface area contributed by atoms with E-state index in [-0.39, 0.29) is 12.1 Å². The maximum absolute atomic E-state index is 9.19. The van der Waals surface area contributed by atoms with Crippen LogP contribution in [0.3, 0.4) is 0 Å². The van der Waals surface area contributed by atoms with Crippen LogP contribution in [0.25, 0.3) is 0 Å². The van der Waals surface area contributed by atoms with Gasteiger partial charge in [0.2, 0.25) is 0 Å². The first-order chi connectivity index (χ1) is 7.58. The highest BCUT2D eigenvalue weighted by Gasteiger charge is 2.31. The molecule has 2 N–H and O–H groups in total. The lowest BCUT2D eigenvalue weighted by molar-refractivity contribution is 0.282. The third-order valence-corrected chi connectivity index (χ3v) is 3.29. The van der Waals surface area contributed by atoms with Crippen LogP contribution < -0.4 is 10.2 Å². The molecule has 0 amide bonds. The van der Waals surface area contributed by atoms with Gasteiger partial charge < -0.3 is 15.3 Å². The Morgan fingerprint density at radius 3 is 2.81 bits per heavy atom. The van der Waals surface area contributed by atoms with Crippen LogP contribution in [0.1, 0.15) is 26.3 Å². The van der Waals surface area contributed by atoms with Crippen molar-refractivity contribution in [3.05, 3.63) is 23.8 Å². The van der Waals surface area contributed by atoms with Crippen LogP contribution in [0.5, 0.6) is 0 Å². The molecule has 0 fully saturated rings. The topological polar surface area (TPSA) is 35.5 Å². The fourth-order valence-electron chi connectivity index (χ4n) is 2.38. The first-order valence-corrected chi connectivity index (χ1v) is 5.84. The lowest BCUT2D eigenvalue weighted by Gasteiger charge is -2.45. The van der Waals surface area contributed by atoms with E-state index >= 15 is 0 Å². The molecule has 0 aliphatic carbocycles. The number of hydrogen-bond donors (Lipinski definition) is 2. The van der Waals surface area contributed by atoms with E-state index in [0.29, 0.717) is 0 Å². The molecular formula is C13H20N2O. The van der Waals surface area contributed by atoms with E-state index in [2.05, 4.69) is 43.1 Å². The van der Waals surface area contributed by atoms with Crippen molar-refractivity contribution in [3.63, 3.8) is 0 Å². The number of nitrogens with one attached hydrogen (secondary N) is 1. The van der Waals surface area contributed by atoms with Crippen molar-refractivity contribution in [2.24, 2.45) is 0 Å². The first-order valence-electron chi connectivity index (χ1n) is 5.84. The SMILES string of the molecule is CCN1c2cc(CO)ccc2NCC1(C)C. The molecule has 16 heavy (non-hydrogen) atoms. The van der Waals surface area contributed by atoms with Crippen molar-refractivity contribution in [2.75, 3.05) is 23.3 Å². The molecule has 0 bridgehead atoms. The summed E-state index contributed by atoms with van der Waals surface area (Å²) in [6.45, 7) is 8.67. The monoisotopic (exact) mass is 220 g/mol. The van der Waals surface area contributed by atoms with Crippen molar-refractivity contribution in [1.29, 1.82) is 0 Å². The standard InChI is InChI=1S/C13H20N2O/c1-4-15-12-7-10(8-16)5-6-11(12)14-9-13(15,2)3/h5-7,14,16H,4,8-9H2,1-3H3. The average molecular weight is 220 g/mol. The summed E-state index contributed by atoms with van der Waals surface area (Å²) in [7, 11) is 0. The number of likely N-dealkylation sites (N-methyl/N-ethyl adjacent to an activating group) is 1. The predicted octanol–water partition coefficient (Wildman–Crippen LogP) is 2.21. The van der Waals surface area contributed by atoms with E-state index in [1.807, 2.05) is 6.07 Å². The molecule has 2 rings (SSSR count). The predicted molar refractivity (Wildman–Crippen MR) is 68.0 cm³/mol. The number of aliphatic hydroxyl groups is 1. The molecule has 1 aromatic carbocycles. The zero-order valence-corrected chi connectivity index (χ0v) is 10.2. The molecule has 0 radical (unpaired) electrons. The van der Waals surface area contributed by atoms with Gasteiger partial charge in [-0.05, 0) is 38.5 Å². The van der Waals surface area contributed by atoms with Crippen molar-refractivity contribution in [1.82, 2.24) is 0 Å². The Labute approximate surface area is 97.1 Å². The normalized spacial score (nSPS) is 17.9. The van der Waals surface area contributed by atoms with Gasteiger partial charge in [0, 0.05) is 13.1 Å². The second-order valence-corrected chi connectivity index (χ2v) is 4.92. The first kappa shape index (κ1) is 11.3. The van der Waals surface area contributed by atoms with Crippen LogP contribution in [-0.4, -0.2) is 23.7 Å². The second kappa shape index (κ2) is 3.98. The van der Waals surface area contributed by atoms with Gasteiger partial charge in [0.05, 0.1) is 23.5 Å². The lowest BCUT2D eigenvalue weighted by Crippen LogP contribution is -2.52. The van der Waals surface area contributed by atoms with Crippen LogP contribution >= 0.6 is 0 Å². The molecular weight excluding hydrogens is 200 g/mol. The van der Waals surface area contributed by atoms with E-state index in [9.17, 15) is 5.11 Å². The third kappa shape index (κ3) is 1.76. The van der Waals surface area contributed by atoms with E-state index in [4.69, 9.17) is 0 Å². The number of hydrogen-bond acceptors (Lipinski definition) is 3. The van der Waals surface area contributed by atoms with Gasteiger partial charge in [-0.15, -0.1) is 0 Å². The summed E-state index contributed by atoms with van der Waals surface area (Å²) in [5.74, 6) is 0. The second-order valence-electron chi connectivity index (χ2n) is 4.92. The molecule has 0 saturated heterocycles. The van der Waals surface area contributed by atoms with Gasteiger partial charge in [0.15, 0.2) is 0 Å². The minimum absolute atomic E-state index is 0.102. The van der Waals surface area contributed by atoms with Gasteiger partial charge in [-0.3, -0.25) is 0 Å². The number of benzene rings is 1. The smallest absolute Gasteiger partial charge is 0.0682 e. The fraction of sp³-hybridized carbons (Fsp3) is 0.538. The highest BCUT2D eigenvalue weighted by molar-refractivity contribution is 5.74. The molecule has 1 heterocycles. The average Bonchev–Trinajstić information content (AvgIpc) is 2.27. The molecule has 3 heteroatoms. The molecule has 1 aliphatic heterocycles. The summed E-state index contributed by atoms with van der Waals surface area (Å²) in [6.07, 6.45) is 0. The minimum Gasteiger partial charge on any atom is -0.392 e. The Balaban J connectivity index is 2.46. The zero-order chi connectivity index (χ0) is 11.8. The minimum atomic E-state index is 0.102. The molecule has 0 spiro atoms. The number of anilines is 2. The molecule has 88 valence electrons. The molecule has 1 aromatic rings. The van der Waals surface area contributed by atoms with Gasteiger partial charge in [-0.1, -0.05) is 6.07 Å². The Hall–Kier alpha value is -1.22. The highest BCUT2D eigenvalue weighted by Crippen LogP contribution is 2.36. The zero-order valence-electron chi connectivity index (χ0n) is 10.2. The molecule has 3 nitrogen and oxygen atoms in total. The Kier molecular flexibility index (Phi) is 2.80. The summed E-state index contributed by atoms with van der Waals surface area (Å²) in [5.41, 5.74) is 3.45. The van der Waals surface area contributed by atoms with E-state index in [1.54, 1.807) is 0 Å². The summed E-state index contributed by atoms with van der Waals surface area (Å²) >= 11 is 0. The van der Waals surface area contributed by atoms with Crippen LogP contribution in [0.2, 0.25) is 0 Å². The molecule has 0 atom stereocenters. The molecule has 0 aromatic heterocycles. The van der Waals surface area contributed by atoms with Crippen molar-refractivity contribution in [2.45, 2.75) is 32.9 Å². The number of rotatable bonds is 2. The summed E-state index contributed by atoms with van der Waals surface area (Å²) in [4.78, 5) is 2.39. The van der Waals surface area contributed by atoms with Gasteiger partial charge in [0.25, 0.3) is 0 Å². The fourth-order valence-corrected chi connectivity index (χ4v) is 2.38. The Morgan fingerprint density at radius 2 is 2.19 bits per heavy atom. The maximum atomic E-state index is 9.19. The van der Waals surface area contributed by atoms with Crippen LogP contribution in [0, 0.1) is 0 Å². The van der Waals surface area contributed by atoms with Crippen molar-refractivity contribution >= 4 is 11.4 Å². The molecule has 1 aliphatic rings. The molecule has 0 unspecified atom stereocenters. The third-order valence-electron chi connectivity index (χ3n) is 3.29. The van der Waals surface area contributed by atoms with Gasteiger partial charge in [-0.2, -0.15) is 0 Å². The van der Waals surface area contributed by atoms with Crippen molar-refractivity contribution in [3.8, 4) is 0 Å². The van der Waals surface area contributed by atoms with E-state index < -0.39 is 0 Å². The van der Waals surface area contributed by atoms with Gasteiger partial charge >= 0.3 is 0 Å². The largest absolute Gasteiger partial charge is 0.392 e. The summed E-state index contributed by atoms with van der Waals surface area (Å²) in [5, 5.41) is 12.6. The lowest BCUT2D eigenvalue weighted by atomic mass is 9.97. The van der Waals surface area contributed by atoms with Gasteiger partial charge in [0.1, 0.15) is 0 Å². The van der Waals surface area contributed by atoms with Crippen LogP contribution in [0.4, 0.5) is 11.4 Å². The Morgan fingerprint density at radius 1 is 1.44 bits per heavy atom. The van der Waals surface area contributed by atoms with E-state index in [0.717, 1.165) is 18.7 Å². The van der Waals surface area contributed by atoms with E-state index in [1.165, 1.54) is 11.4 Å². The number of nitrogens with zero attached hydrogens (tertiary/aromatic N) is 1. The maximum Gasteiger partial charge on any atom is 0.0682 e. The number of fused-ring (bicyclic) bond motifs is 1. The summed E-state index contributed by atoms with van der Waals surface area (Å²) < 4.78 is 0.